The van der Waals surface area contributed by atoms with Gasteiger partial charge < -0.3 is 14.5 Å². The van der Waals surface area contributed by atoms with Crippen molar-refractivity contribution in [2.75, 3.05) is 50.2 Å². The Morgan fingerprint density at radius 1 is 1.03 bits per heavy atom. The fourth-order valence-electron chi connectivity index (χ4n) is 4.36. The molecule has 7 nitrogen and oxygen atoms in total. The van der Waals surface area contributed by atoms with Crippen LogP contribution in [0.2, 0.25) is 0 Å². The Balaban J connectivity index is 1.44. The number of anilines is 1. The summed E-state index contributed by atoms with van der Waals surface area (Å²) in [5.41, 5.74) is 2.50. The molecule has 1 amide bonds. The quantitative estimate of drug-likeness (QED) is 0.667. The molecule has 0 aliphatic carbocycles. The molecule has 4 rings (SSSR count). The summed E-state index contributed by atoms with van der Waals surface area (Å²) in [6, 6.07) is 12.5. The summed E-state index contributed by atoms with van der Waals surface area (Å²) in [6.45, 7) is 8.54. The smallest absolute Gasteiger partial charge is 0.264 e. The van der Waals surface area contributed by atoms with Gasteiger partial charge in [-0.1, -0.05) is 25.1 Å². The van der Waals surface area contributed by atoms with E-state index in [1.807, 2.05) is 36.1 Å². The minimum atomic E-state index is -3.67. The van der Waals surface area contributed by atoms with Crippen LogP contribution in [0.15, 0.2) is 47.4 Å². The number of benzene rings is 2. The van der Waals surface area contributed by atoms with E-state index in [1.165, 1.54) is 4.31 Å². The van der Waals surface area contributed by atoms with Crippen molar-refractivity contribution in [3.05, 3.63) is 53.6 Å². The lowest BCUT2D eigenvalue weighted by molar-refractivity contribution is -0.135. The zero-order valence-corrected chi connectivity index (χ0v) is 19.6. The third-order valence-corrected chi connectivity index (χ3v) is 8.13. The fraction of sp³-hybridized carbons (Fsp3) is 0.458. The second-order valence-corrected chi connectivity index (χ2v) is 10.2. The number of nitrogens with zero attached hydrogens (tertiary/aromatic N) is 3. The number of carbonyl (C=O) groups excluding carboxylic acids is 1. The van der Waals surface area contributed by atoms with Crippen LogP contribution in [0.4, 0.5) is 5.69 Å². The van der Waals surface area contributed by atoms with E-state index < -0.39 is 10.0 Å². The van der Waals surface area contributed by atoms with Gasteiger partial charge in [0.15, 0.2) is 6.61 Å². The Morgan fingerprint density at radius 2 is 1.78 bits per heavy atom. The number of rotatable bonds is 6. The molecule has 0 radical (unpaired) electrons. The molecule has 8 heteroatoms. The molecular weight excluding hydrogens is 426 g/mol. The van der Waals surface area contributed by atoms with E-state index in [1.54, 1.807) is 18.2 Å². The molecule has 0 N–H and O–H groups in total. The van der Waals surface area contributed by atoms with Crippen LogP contribution in [-0.4, -0.2) is 70.0 Å². The molecule has 172 valence electrons. The van der Waals surface area contributed by atoms with Crippen LogP contribution in [0.25, 0.3) is 0 Å². The third kappa shape index (κ3) is 4.61. The first-order valence-electron chi connectivity index (χ1n) is 11.2. The predicted molar refractivity (Wildman–Crippen MR) is 125 cm³/mol. The summed E-state index contributed by atoms with van der Waals surface area (Å²) < 4.78 is 34.0. The first-order chi connectivity index (χ1) is 15.4. The van der Waals surface area contributed by atoms with Crippen molar-refractivity contribution in [2.24, 2.45) is 0 Å². The molecule has 0 unspecified atom stereocenters. The van der Waals surface area contributed by atoms with E-state index in [4.69, 9.17) is 4.74 Å². The van der Waals surface area contributed by atoms with E-state index in [0.717, 1.165) is 43.7 Å². The van der Waals surface area contributed by atoms with E-state index in [0.29, 0.717) is 30.9 Å². The van der Waals surface area contributed by atoms with E-state index in [-0.39, 0.29) is 17.4 Å². The minimum absolute atomic E-state index is 0.0400. The number of aryl methyl sites for hydroxylation is 2. The number of ether oxygens (including phenoxy) is 1. The third-order valence-electron chi connectivity index (χ3n) is 6.33. The van der Waals surface area contributed by atoms with E-state index >= 15 is 0 Å². The highest BCUT2D eigenvalue weighted by Gasteiger charge is 2.29. The maximum atomic E-state index is 13.4. The summed E-state index contributed by atoms with van der Waals surface area (Å²) in [6.07, 6.45) is 1.68. The minimum Gasteiger partial charge on any atom is -0.483 e. The number of hydrogen-bond donors (Lipinski definition) is 0. The Bertz CT molecular complexity index is 1080. The lowest BCUT2D eigenvalue weighted by Crippen LogP contribution is -2.49. The molecule has 2 aromatic rings. The van der Waals surface area contributed by atoms with E-state index in [2.05, 4.69) is 11.8 Å². The second kappa shape index (κ2) is 9.50. The Labute approximate surface area is 190 Å². The molecule has 0 atom stereocenters. The molecule has 0 aromatic heterocycles. The number of piperazine rings is 1. The molecule has 1 saturated heterocycles. The number of fused-ring (bicyclic) bond motifs is 1. The van der Waals surface area contributed by atoms with Gasteiger partial charge in [-0.05, 0) is 61.7 Å². The van der Waals surface area contributed by atoms with Crippen LogP contribution in [0.5, 0.6) is 5.75 Å². The lowest BCUT2D eigenvalue weighted by atomic mass is 10.0. The zero-order valence-electron chi connectivity index (χ0n) is 18.8. The highest BCUT2D eigenvalue weighted by Crippen LogP contribution is 2.33. The highest BCUT2D eigenvalue weighted by atomic mass is 32.2. The van der Waals surface area contributed by atoms with Crippen molar-refractivity contribution >= 4 is 21.6 Å². The highest BCUT2D eigenvalue weighted by molar-refractivity contribution is 7.92. The summed E-state index contributed by atoms with van der Waals surface area (Å²) in [4.78, 5) is 16.9. The molecule has 32 heavy (non-hydrogen) atoms. The van der Waals surface area contributed by atoms with Gasteiger partial charge in [0.25, 0.3) is 15.9 Å². The van der Waals surface area contributed by atoms with Crippen LogP contribution in [-0.2, 0) is 21.2 Å². The van der Waals surface area contributed by atoms with Gasteiger partial charge in [0.2, 0.25) is 0 Å². The van der Waals surface area contributed by atoms with Crippen LogP contribution in [0.1, 0.15) is 24.5 Å². The van der Waals surface area contributed by atoms with Crippen LogP contribution >= 0.6 is 0 Å². The zero-order chi connectivity index (χ0) is 22.7. The van der Waals surface area contributed by atoms with Crippen molar-refractivity contribution in [3.63, 3.8) is 0 Å². The summed E-state index contributed by atoms with van der Waals surface area (Å²) in [7, 11) is -3.67. The Hall–Kier alpha value is -2.58. The number of amides is 1. The van der Waals surface area contributed by atoms with Gasteiger partial charge in [0.05, 0.1) is 10.6 Å². The van der Waals surface area contributed by atoms with Crippen molar-refractivity contribution in [3.8, 4) is 5.75 Å². The standard InChI is InChI=1S/C24H31N3O4S/c1-3-25-13-15-26(16-14-25)24(28)18-31-23-11-10-21(17-19(23)2)32(29,30)27-12-6-8-20-7-4-5-9-22(20)27/h4-5,7,9-11,17H,3,6,8,12-16,18H2,1-2H3. The van der Waals surface area contributed by atoms with Crippen molar-refractivity contribution in [1.82, 2.24) is 9.80 Å². The first kappa shape index (κ1) is 22.6. The van der Waals surface area contributed by atoms with Gasteiger partial charge in [-0.15, -0.1) is 0 Å². The normalized spacial score (nSPS) is 17.2. The number of para-hydroxylation sites is 1. The average Bonchev–Trinajstić information content (AvgIpc) is 2.82. The summed E-state index contributed by atoms with van der Waals surface area (Å²) in [5.74, 6) is 0.491. The second-order valence-electron chi connectivity index (χ2n) is 8.34. The van der Waals surface area contributed by atoms with Crippen LogP contribution in [0.3, 0.4) is 0 Å². The Kier molecular flexibility index (Phi) is 6.71. The monoisotopic (exact) mass is 457 g/mol. The predicted octanol–water partition coefficient (Wildman–Crippen LogP) is 2.68. The number of likely N-dealkylation sites (N-methyl/N-ethyl adjacent to an activating group) is 1. The van der Waals surface area contributed by atoms with Crippen LogP contribution < -0.4 is 9.04 Å². The van der Waals surface area contributed by atoms with Gasteiger partial charge in [-0.25, -0.2) is 8.42 Å². The maximum absolute atomic E-state index is 13.4. The first-order valence-corrected chi connectivity index (χ1v) is 12.7. The van der Waals surface area contributed by atoms with Gasteiger partial charge in [-0.2, -0.15) is 0 Å². The molecule has 0 bridgehead atoms. The maximum Gasteiger partial charge on any atom is 0.264 e. The average molecular weight is 458 g/mol. The summed E-state index contributed by atoms with van der Waals surface area (Å²) >= 11 is 0. The van der Waals surface area contributed by atoms with E-state index in [9.17, 15) is 13.2 Å². The molecular formula is C24H31N3O4S. The summed E-state index contributed by atoms with van der Waals surface area (Å²) in [5, 5.41) is 0. The van der Waals surface area contributed by atoms with Gasteiger partial charge >= 0.3 is 0 Å². The van der Waals surface area contributed by atoms with Crippen molar-refractivity contribution in [2.45, 2.75) is 31.6 Å². The van der Waals surface area contributed by atoms with Gasteiger partial charge in [0.1, 0.15) is 5.75 Å². The fourth-order valence-corrected chi connectivity index (χ4v) is 5.99. The molecule has 0 spiro atoms. The molecule has 2 aliphatic heterocycles. The largest absolute Gasteiger partial charge is 0.483 e. The number of carbonyl (C=O) groups is 1. The molecule has 2 heterocycles. The SMILES string of the molecule is CCN1CCN(C(=O)COc2ccc(S(=O)(=O)N3CCCc4ccccc43)cc2C)CC1. The van der Waals surface area contributed by atoms with Gasteiger partial charge in [0, 0.05) is 32.7 Å². The number of hydrogen-bond acceptors (Lipinski definition) is 5. The lowest BCUT2D eigenvalue weighted by Gasteiger charge is -2.34. The topological polar surface area (TPSA) is 70.2 Å². The Morgan fingerprint density at radius 3 is 2.50 bits per heavy atom. The molecule has 2 aliphatic rings. The van der Waals surface area contributed by atoms with Gasteiger partial charge in [-0.3, -0.25) is 9.10 Å². The van der Waals surface area contributed by atoms with Crippen molar-refractivity contribution in [1.29, 1.82) is 0 Å². The van der Waals surface area contributed by atoms with Crippen molar-refractivity contribution < 1.29 is 17.9 Å². The molecule has 2 aromatic carbocycles. The number of sulfonamides is 1. The molecule has 1 fully saturated rings. The van der Waals surface area contributed by atoms with Crippen LogP contribution in [0, 0.1) is 6.92 Å². The molecule has 0 saturated carbocycles.